The Morgan fingerprint density at radius 3 is 2.48 bits per heavy atom. The fourth-order valence-electron chi connectivity index (χ4n) is 1.59. The average Bonchev–Trinajstić information content (AvgIpc) is 2.77. The molecule has 0 amide bonds. The summed E-state index contributed by atoms with van der Waals surface area (Å²) in [6.45, 7) is 0. The van der Waals surface area contributed by atoms with Gasteiger partial charge in [-0.3, -0.25) is 24.9 Å². The van der Waals surface area contributed by atoms with Crippen LogP contribution in [0.5, 0.6) is 0 Å². The van der Waals surface area contributed by atoms with E-state index >= 15 is 0 Å². The van der Waals surface area contributed by atoms with E-state index in [9.17, 15) is 25.4 Å². The third-order valence-corrected chi connectivity index (χ3v) is 2.41. The van der Waals surface area contributed by atoms with Gasteiger partial charge in [-0.25, -0.2) is 4.99 Å². The predicted octanol–water partition coefficient (Wildman–Crippen LogP) is 0.499. The number of nitro benzene ring substituents is 2. The van der Waals surface area contributed by atoms with Crippen LogP contribution in [0.2, 0.25) is 0 Å². The average molecular weight is 296 g/mol. The van der Waals surface area contributed by atoms with Crippen molar-refractivity contribution in [2.24, 2.45) is 4.99 Å². The van der Waals surface area contributed by atoms with Crippen LogP contribution in [0.4, 0.5) is 17.1 Å². The van der Waals surface area contributed by atoms with Crippen molar-refractivity contribution in [2.45, 2.75) is 0 Å². The van der Waals surface area contributed by atoms with Crippen LogP contribution in [0, 0.1) is 25.4 Å². The summed E-state index contributed by atoms with van der Waals surface area (Å²) >= 11 is 0. The number of hydrogen-bond donors (Lipinski definition) is 0. The summed E-state index contributed by atoms with van der Waals surface area (Å²) in [4.78, 5) is 25.3. The lowest BCUT2D eigenvalue weighted by Crippen LogP contribution is -2.23. The van der Waals surface area contributed by atoms with Crippen molar-refractivity contribution < 1.29 is 19.4 Å². The van der Waals surface area contributed by atoms with Gasteiger partial charge < -0.3 is 10.1 Å². The molecule has 0 aliphatic heterocycles. The molecule has 1 heterocycles. The zero-order valence-electron chi connectivity index (χ0n) is 10.8. The monoisotopic (exact) mass is 296 g/mol. The van der Waals surface area contributed by atoms with Gasteiger partial charge in [0.15, 0.2) is 0 Å². The molecule has 0 atom stereocenters. The van der Waals surface area contributed by atoms with Gasteiger partial charge in [-0.1, -0.05) is 0 Å². The standard InChI is InChI=1S/C9H8N6O6/c1-12(2)4-10-7-5(13(16)17)3-6(14(18)19)9-8(7)11-21-15(9)20/h3-4H,1-2H3. The summed E-state index contributed by atoms with van der Waals surface area (Å²) < 4.78 is 4.28. The minimum Gasteiger partial charge on any atom is -0.369 e. The molecular weight excluding hydrogens is 288 g/mol. The molecule has 0 spiro atoms. The van der Waals surface area contributed by atoms with E-state index in [1.165, 1.54) is 11.2 Å². The second kappa shape index (κ2) is 4.99. The van der Waals surface area contributed by atoms with E-state index < -0.39 is 26.7 Å². The van der Waals surface area contributed by atoms with E-state index in [4.69, 9.17) is 0 Å². The normalized spacial score (nSPS) is 11.1. The Balaban J connectivity index is 2.88. The van der Waals surface area contributed by atoms with Crippen LogP contribution in [0.1, 0.15) is 0 Å². The molecule has 0 radical (unpaired) electrons. The molecule has 0 unspecified atom stereocenters. The molecule has 2 aromatic rings. The molecule has 0 saturated heterocycles. The number of aliphatic imine (C=N–C) groups is 1. The van der Waals surface area contributed by atoms with E-state index in [2.05, 4.69) is 14.8 Å². The Morgan fingerprint density at radius 2 is 1.95 bits per heavy atom. The van der Waals surface area contributed by atoms with Crippen LogP contribution in [-0.4, -0.2) is 40.3 Å². The molecule has 110 valence electrons. The van der Waals surface area contributed by atoms with Crippen molar-refractivity contribution in [2.75, 3.05) is 14.1 Å². The number of hydrogen-bond acceptors (Lipinski definition) is 8. The maximum absolute atomic E-state index is 11.4. The van der Waals surface area contributed by atoms with E-state index in [0.717, 1.165) is 0 Å². The number of nitro groups is 2. The zero-order valence-corrected chi connectivity index (χ0v) is 10.8. The molecule has 1 aromatic heterocycles. The van der Waals surface area contributed by atoms with Crippen molar-refractivity contribution in [3.8, 4) is 0 Å². The van der Waals surface area contributed by atoms with Crippen molar-refractivity contribution in [3.05, 3.63) is 31.5 Å². The molecule has 0 saturated carbocycles. The molecule has 12 heteroatoms. The van der Waals surface area contributed by atoms with Crippen LogP contribution >= 0.6 is 0 Å². The maximum atomic E-state index is 11.4. The predicted molar refractivity (Wildman–Crippen MR) is 68.1 cm³/mol. The summed E-state index contributed by atoms with van der Waals surface area (Å²) in [5, 5.41) is 36.7. The van der Waals surface area contributed by atoms with Crippen LogP contribution in [0.25, 0.3) is 11.0 Å². The Bertz CT molecular complexity index is 766. The van der Waals surface area contributed by atoms with E-state index in [1.54, 1.807) is 14.1 Å². The summed E-state index contributed by atoms with van der Waals surface area (Å²) in [6.07, 6.45) is 1.23. The molecular formula is C9H8N6O6. The highest BCUT2D eigenvalue weighted by molar-refractivity contribution is 5.96. The Morgan fingerprint density at radius 1 is 1.33 bits per heavy atom. The lowest BCUT2D eigenvalue weighted by molar-refractivity contribution is -0.783. The van der Waals surface area contributed by atoms with Gasteiger partial charge in [0.25, 0.3) is 5.52 Å². The van der Waals surface area contributed by atoms with Gasteiger partial charge in [-0.2, -0.15) is 0 Å². The molecule has 0 N–H and O–H groups in total. The minimum atomic E-state index is -0.930. The van der Waals surface area contributed by atoms with Gasteiger partial charge >= 0.3 is 16.9 Å². The van der Waals surface area contributed by atoms with Crippen LogP contribution in [0.3, 0.4) is 0 Å². The van der Waals surface area contributed by atoms with Gasteiger partial charge in [0.2, 0.25) is 5.69 Å². The van der Waals surface area contributed by atoms with Crippen LogP contribution in [-0.2, 0) is 0 Å². The summed E-state index contributed by atoms with van der Waals surface area (Å²) in [5.41, 5.74) is -2.62. The zero-order chi connectivity index (χ0) is 15.7. The first kappa shape index (κ1) is 14.1. The second-order valence-electron chi connectivity index (χ2n) is 4.11. The Labute approximate surface area is 115 Å². The highest BCUT2D eigenvalue weighted by Crippen LogP contribution is 2.38. The number of nitrogens with zero attached hydrogens (tertiary/aromatic N) is 6. The fourth-order valence-corrected chi connectivity index (χ4v) is 1.59. The van der Waals surface area contributed by atoms with E-state index in [-0.39, 0.29) is 16.1 Å². The third kappa shape index (κ3) is 2.41. The quantitative estimate of drug-likeness (QED) is 0.259. The van der Waals surface area contributed by atoms with Gasteiger partial charge in [-0.05, 0) is 4.90 Å². The SMILES string of the molecule is CN(C)C=Nc1c([N+](=O)[O-])cc([N+](=O)[O-])c2c1no[n+]2[O-]. The largest absolute Gasteiger partial charge is 0.369 e. The number of non-ortho nitro benzene ring substituents is 1. The highest BCUT2D eigenvalue weighted by Gasteiger charge is 2.34. The Hall–Kier alpha value is -3.31. The van der Waals surface area contributed by atoms with E-state index in [0.29, 0.717) is 6.07 Å². The van der Waals surface area contributed by atoms with Crippen LogP contribution < -0.4 is 4.90 Å². The van der Waals surface area contributed by atoms with Crippen molar-refractivity contribution >= 4 is 34.4 Å². The van der Waals surface area contributed by atoms with Crippen molar-refractivity contribution in [1.82, 2.24) is 10.1 Å². The van der Waals surface area contributed by atoms with E-state index in [1.807, 2.05) is 0 Å². The van der Waals surface area contributed by atoms with Crippen LogP contribution in [0.15, 0.2) is 15.7 Å². The number of fused-ring (bicyclic) bond motifs is 1. The summed E-state index contributed by atoms with van der Waals surface area (Å²) in [7, 11) is 3.24. The van der Waals surface area contributed by atoms with Gasteiger partial charge in [0.05, 0.1) is 16.2 Å². The molecule has 0 aliphatic rings. The first-order valence-corrected chi connectivity index (χ1v) is 5.38. The smallest absolute Gasteiger partial charge is 0.331 e. The second-order valence-corrected chi connectivity index (χ2v) is 4.11. The van der Waals surface area contributed by atoms with Crippen molar-refractivity contribution in [1.29, 1.82) is 0 Å². The highest BCUT2D eigenvalue weighted by atomic mass is 16.8. The summed E-state index contributed by atoms with van der Waals surface area (Å²) in [5.74, 6) is 0. The number of rotatable bonds is 4. The molecule has 0 bridgehead atoms. The molecule has 1 aromatic carbocycles. The Kier molecular flexibility index (Phi) is 3.35. The van der Waals surface area contributed by atoms with Gasteiger partial charge in [0.1, 0.15) is 6.07 Å². The van der Waals surface area contributed by atoms with Crippen molar-refractivity contribution in [3.63, 3.8) is 0 Å². The molecule has 0 fully saturated rings. The third-order valence-electron chi connectivity index (χ3n) is 2.41. The maximum Gasteiger partial charge on any atom is 0.331 e. The summed E-state index contributed by atoms with van der Waals surface area (Å²) in [6, 6.07) is 0.649. The topological polar surface area (TPSA) is 155 Å². The van der Waals surface area contributed by atoms with Gasteiger partial charge in [-0.15, -0.1) is 0 Å². The fraction of sp³-hybridized carbons (Fsp3) is 0.222. The first-order valence-electron chi connectivity index (χ1n) is 5.38. The molecule has 21 heavy (non-hydrogen) atoms. The lowest BCUT2D eigenvalue weighted by atomic mass is 10.2. The molecule has 12 nitrogen and oxygen atoms in total. The molecule has 2 rings (SSSR count). The minimum absolute atomic E-state index is 0.189. The van der Waals surface area contributed by atoms with Gasteiger partial charge in [0, 0.05) is 19.3 Å². The number of benzene rings is 1. The molecule has 0 aliphatic carbocycles. The number of aromatic nitrogens is 2. The first-order chi connectivity index (χ1) is 9.82. The lowest BCUT2D eigenvalue weighted by Gasteiger charge is -2.02.